The highest BCUT2D eigenvalue weighted by Crippen LogP contribution is 2.31. The van der Waals surface area contributed by atoms with Gasteiger partial charge in [0.2, 0.25) is 5.91 Å². The minimum Gasteiger partial charge on any atom is -0.373 e. The van der Waals surface area contributed by atoms with Gasteiger partial charge in [0.05, 0.1) is 18.7 Å². The van der Waals surface area contributed by atoms with Gasteiger partial charge >= 0.3 is 0 Å². The lowest BCUT2D eigenvalue weighted by Gasteiger charge is -2.32. The molecule has 0 spiro atoms. The van der Waals surface area contributed by atoms with Crippen LogP contribution in [-0.2, 0) is 9.53 Å². The van der Waals surface area contributed by atoms with Gasteiger partial charge in [-0.25, -0.2) is 9.97 Å². The van der Waals surface area contributed by atoms with Crippen molar-refractivity contribution in [3.63, 3.8) is 0 Å². The number of carbonyl (C=O) groups is 1. The molecular weight excluding hydrogens is 416 g/mol. The molecule has 1 atom stereocenters. The Balaban J connectivity index is 1.42. The zero-order valence-electron chi connectivity index (χ0n) is 18.5. The van der Waals surface area contributed by atoms with Crippen LogP contribution in [0.1, 0.15) is 24.0 Å². The zero-order chi connectivity index (χ0) is 22.8. The van der Waals surface area contributed by atoms with Crippen LogP contribution < -0.4 is 21.3 Å². The lowest BCUT2D eigenvalue weighted by Crippen LogP contribution is -2.46. The number of nitrogens with zero attached hydrogens (tertiary/aromatic N) is 3. The van der Waals surface area contributed by atoms with Crippen molar-refractivity contribution in [2.24, 2.45) is 11.7 Å². The predicted octanol–water partition coefficient (Wildman–Crippen LogP) is 2.54. The summed E-state index contributed by atoms with van der Waals surface area (Å²) < 4.78 is 5.41. The molecule has 5 rings (SSSR count). The number of amides is 1. The number of rotatable bonds is 4. The van der Waals surface area contributed by atoms with Crippen LogP contribution in [0.15, 0.2) is 42.7 Å². The van der Waals surface area contributed by atoms with Gasteiger partial charge in [-0.05, 0) is 43.2 Å². The number of carbonyl (C=O) groups excluding carboxylic acids is 1. The van der Waals surface area contributed by atoms with E-state index in [0.29, 0.717) is 19.0 Å². The fourth-order valence-electron chi connectivity index (χ4n) is 3.88. The summed E-state index contributed by atoms with van der Waals surface area (Å²) in [6.45, 7) is 2.12. The van der Waals surface area contributed by atoms with E-state index < -0.39 is 0 Å². The molecule has 1 saturated heterocycles. The standard InChI is InChI=1S/C25H26N6O2/c1-27-24-21-14-28-23(30-25(32)17-6-7-17)12-20(21)18(13-29-24)5-2-16-3-8-19(9-4-16)31-10-11-33-22(26)15-31/h3-4,8-9,12-14,17,22H,6-7,10-11,15,26H2,1H3,(H,27,29)(H,28,30,32)/t22-/m1/s1. The van der Waals surface area contributed by atoms with E-state index in [1.165, 1.54) is 0 Å². The first-order valence-electron chi connectivity index (χ1n) is 11.1. The second-order valence-corrected chi connectivity index (χ2v) is 8.30. The fourth-order valence-corrected chi connectivity index (χ4v) is 3.88. The number of hydrogen-bond donors (Lipinski definition) is 3. The van der Waals surface area contributed by atoms with Gasteiger partial charge in [-0.1, -0.05) is 11.8 Å². The fraction of sp³-hybridized carbons (Fsp3) is 0.320. The molecule has 1 amide bonds. The Morgan fingerprint density at radius 1 is 1.15 bits per heavy atom. The van der Waals surface area contributed by atoms with Crippen molar-refractivity contribution >= 4 is 34.0 Å². The molecular formula is C25H26N6O2. The molecule has 2 fully saturated rings. The Labute approximate surface area is 192 Å². The number of nitrogens with one attached hydrogen (secondary N) is 2. The summed E-state index contributed by atoms with van der Waals surface area (Å²) in [5, 5.41) is 7.75. The highest BCUT2D eigenvalue weighted by Gasteiger charge is 2.29. The molecule has 3 heterocycles. The SMILES string of the molecule is CNc1ncc(C#Cc2ccc(N3CCO[C@@H](N)C3)cc2)c2cc(NC(=O)C3CC3)ncc12. The molecule has 2 aliphatic rings. The minimum absolute atomic E-state index is 0.0266. The number of nitrogens with two attached hydrogens (primary N) is 1. The molecule has 3 aromatic rings. The number of ether oxygens (including phenoxy) is 1. The maximum absolute atomic E-state index is 12.2. The molecule has 1 aliphatic heterocycles. The first kappa shape index (κ1) is 21.2. The van der Waals surface area contributed by atoms with E-state index in [4.69, 9.17) is 10.5 Å². The van der Waals surface area contributed by atoms with Crippen molar-refractivity contribution in [1.82, 2.24) is 9.97 Å². The highest BCUT2D eigenvalue weighted by atomic mass is 16.5. The van der Waals surface area contributed by atoms with Crippen LogP contribution >= 0.6 is 0 Å². The van der Waals surface area contributed by atoms with Crippen LogP contribution in [0.2, 0.25) is 0 Å². The number of aromatic nitrogens is 2. The highest BCUT2D eigenvalue weighted by molar-refractivity contribution is 5.99. The predicted molar refractivity (Wildman–Crippen MR) is 129 cm³/mol. The average Bonchev–Trinajstić information content (AvgIpc) is 3.68. The Bertz CT molecular complexity index is 1240. The second-order valence-electron chi connectivity index (χ2n) is 8.30. The van der Waals surface area contributed by atoms with Crippen molar-refractivity contribution in [1.29, 1.82) is 0 Å². The summed E-state index contributed by atoms with van der Waals surface area (Å²) in [5.41, 5.74) is 8.68. The normalized spacial score (nSPS) is 17.9. The number of hydrogen-bond acceptors (Lipinski definition) is 7. The maximum Gasteiger partial charge on any atom is 0.228 e. The number of pyridine rings is 2. The van der Waals surface area contributed by atoms with E-state index in [1.807, 2.05) is 25.2 Å². The van der Waals surface area contributed by atoms with E-state index in [0.717, 1.165) is 52.8 Å². The summed E-state index contributed by atoms with van der Waals surface area (Å²) >= 11 is 0. The van der Waals surface area contributed by atoms with Gasteiger partial charge in [0.1, 0.15) is 17.9 Å². The van der Waals surface area contributed by atoms with Crippen molar-refractivity contribution < 1.29 is 9.53 Å². The quantitative estimate of drug-likeness (QED) is 0.533. The monoisotopic (exact) mass is 442 g/mol. The number of morpholine rings is 1. The third-order valence-corrected chi connectivity index (χ3v) is 5.88. The Morgan fingerprint density at radius 2 is 1.97 bits per heavy atom. The van der Waals surface area contributed by atoms with Crippen molar-refractivity contribution in [3.05, 3.63) is 53.9 Å². The molecule has 1 saturated carbocycles. The summed E-state index contributed by atoms with van der Waals surface area (Å²) in [6.07, 6.45) is 5.11. The third-order valence-electron chi connectivity index (χ3n) is 5.88. The summed E-state index contributed by atoms with van der Waals surface area (Å²) in [7, 11) is 1.82. The van der Waals surface area contributed by atoms with Crippen LogP contribution in [0, 0.1) is 17.8 Å². The molecule has 33 heavy (non-hydrogen) atoms. The molecule has 1 aliphatic carbocycles. The van der Waals surface area contributed by atoms with Crippen molar-refractivity contribution in [3.8, 4) is 11.8 Å². The molecule has 0 bridgehead atoms. The van der Waals surface area contributed by atoms with Gasteiger partial charge in [-0.3, -0.25) is 4.79 Å². The molecule has 8 heteroatoms. The van der Waals surface area contributed by atoms with Crippen LogP contribution in [0.3, 0.4) is 0 Å². The molecule has 0 radical (unpaired) electrons. The minimum atomic E-state index is -0.256. The maximum atomic E-state index is 12.2. The molecule has 4 N–H and O–H groups in total. The van der Waals surface area contributed by atoms with Crippen molar-refractivity contribution in [2.75, 3.05) is 42.3 Å². The zero-order valence-corrected chi connectivity index (χ0v) is 18.5. The van der Waals surface area contributed by atoms with Gasteiger partial charge in [-0.2, -0.15) is 0 Å². The molecule has 2 aromatic heterocycles. The van der Waals surface area contributed by atoms with Crippen LogP contribution in [0.4, 0.5) is 17.3 Å². The largest absolute Gasteiger partial charge is 0.373 e. The van der Waals surface area contributed by atoms with E-state index in [2.05, 4.69) is 49.5 Å². The van der Waals surface area contributed by atoms with E-state index in [1.54, 1.807) is 12.4 Å². The number of benzene rings is 1. The van der Waals surface area contributed by atoms with Gasteiger partial charge in [0.25, 0.3) is 0 Å². The average molecular weight is 443 g/mol. The van der Waals surface area contributed by atoms with Crippen LogP contribution in [0.25, 0.3) is 10.8 Å². The lowest BCUT2D eigenvalue weighted by atomic mass is 10.1. The first-order valence-corrected chi connectivity index (χ1v) is 11.1. The topological polar surface area (TPSA) is 105 Å². The smallest absolute Gasteiger partial charge is 0.228 e. The Morgan fingerprint density at radius 3 is 2.70 bits per heavy atom. The summed E-state index contributed by atoms with van der Waals surface area (Å²) in [4.78, 5) is 23.3. The Kier molecular flexibility index (Phi) is 5.82. The second kappa shape index (κ2) is 9.06. The Hall–Kier alpha value is -3.67. The molecule has 168 valence electrons. The van der Waals surface area contributed by atoms with Gasteiger partial charge in [0.15, 0.2) is 0 Å². The summed E-state index contributed by atoms with van der Waals surface area (Å²) in [5.74, 6) is 7.87. The molecule has 0 unspecified atom stereocenters. The first-order chi connectivity index (χ1) is 16.1. The van der Waals surface area contributed by atoms with E-state index in [9.17, 15) is 4.79 Å². The van der Waals surface area contributed by atoms with Crippen LogP contribution in [-0.4, -0.2) is 48.8 Å². The van der Waals surface area contributed by atoms with Gasteiger partial charge in [0, 0.05) is 53.9 Å². The van der Waals surface area contributed by atoms with Crippen molar-refractivity contribution in [2.45, 2.75) is 19.1 Å². The third kappa shape index (κ3) is 4.75. The summed E-state index contributed by atoms with van der Waals surface area (Å²) in [6, 6.07) is 9.98. The van der Waals surface area contributed by atoms with E-state index >= 15 is 0 Å². The van der Waals surface area contributed by atoms with Crippen LogP contribution in [0.5, 0.6) is 0 Å². The molecule has 1 aromatic carbocycles. The molecule has 8 nitrogen and oxygen atoms in total. The number of fused-ring (bicyclic) bond motifs is 1. The van der Waals surface area contributed by atoms with Gasteiger partial charge < -0.3 is 26.0 Å². The van der Waals surface area contributed by atoms with E-state index in [-0.39, 0.29) is 18.1 Å². The lowest BCUT2D eigenvalue weighted by molar-refractivity contribution is -0.117. The number of anilines is 3. The van der Waals surface area contributed by atoms with Gasteiger partial charge in [-0.15, -0.1) is 0 Å².